The number of alkyl halides is 3. The van der Waals surface area contributed by atoms with E-state index in [1.807, 2.05) is 0 Å². The highest BCUT2D eigenvalue weighted by Crippen LogP contribution is 2.28. The summed E-state index contributed by atoms with van der Waals surface area (Å²) in [6, 6.07) is 0.942. The van der Waals surface area contributed by atoms with Crippen LogP contribution in [0.1, 0.15) is 26.3 Å². The molecule has 0 saturated carbocycles. The van der Waals surface area contributed by atoms with Crippen molar-refractivity contribution in [2.45, 2.75) is 33.1 Å². The molecule has 0 amide bonds. The number of ether oxygens (including phenoxy) is 1. The molecule has 126 valence electrons. The molecule has 0 unspecified atom stereocenters. The van der Waals surface area contributed by atoms with E-state index in [1.165, 1.54) is 0 Å². The molecule has 0 spiro atoms. The first-order chi connectivity index (χ1) is 10.6. The van der Waals surface area contributed by atoms with E-state index in [0.29, 0.717) is 5.70 Å². The molecule has 1 aromatic heterocycles. The first kappa shape index (κ1) is 19.1. The van der Waals surface area contributed by atoms with Gasteiger partial charge in [0.05, 0.1) is 11.4 Å². The topological polar surface area (TPSA) is 46.8 Å². The molecule has 1 atom stereocenters. The third-order valence-electron chi connectivity index (χ3n) is 2.65. The average molecular weight is 352 g/mol. The molecule has 1 rings (SSSR count). The summed E-state index contributed by atoms with van der Waals surface area (Å²) in [5, 5.41) is 0.232. The molecule has 0 radical (unpaired) electrons. The van der Waals surface area contributed by atoms with Gasteiger partial charge in [0.2, 0.25) is 0 Å². The SMILES string of the molecule is C=N/C(=C(C)\N=C(/C)Cl)c1cnc(O[C@H](C)C(F)(F)F)c(F)c1. The van der Waals surface area contributed by atoms with Crippen molar-refractivity contribution >= 4 is 29.2 Å². The standard InChI is InChI=1S/C14H14ClF4N3O/c1-7(22-9(3)15)12(20-4)10-5-11(16)13(21-6-10)23-8(2)14(17,18)19/h5-6,8H,4H2,1-3H3/b12-7-,22-9+/t8-/m1/s1. The molecule has 1 aromatic rings. The molecular weight excluding hydrogens is 338 g/mol. The highest BCUT2D eigenvalue weighted by molar-refractivity contribution is 6.64. The molecule has 4 nitrogen and oxygen atoms in total. The summed E-state index contributed by atoms with van der Waals surface area (Å²) in [6.45, 7) is 7.22. The van der Waals surface area contributed by atoms with Crippen molar-refractivity contribution in [1.29, 1.82) is 0 Å². The predicted octanol–water partition coefficient (Wildman–Crippen LogP) is 4.60. The quantitative estimate of drug-likeness (QED) is 0.575. The normalized spacial score (nSPS) is 15.0. The van der Waals surface area contributed by atoms with E-state index in [2.05, 4.69) is 26.4 Å². The number of pyridine rings is 1. The largest absolute Gasteiger partial charge is 0.463 e. The van der Waals surface area contributed by atoms with Crippen molar-refractivity contribution in [3.05, 3.63) is 29.3 Å². The lowest BCUT2D eigenvalue weighted by atomic mass is 10.2. The fourth-order valence-electron chi connectivity index (χ4n) is 1.57. The fraction of sp³-hybridized carbons (Fsp3) is 0.357. The first-order valence-corrected chi connectivity index (χ1v) is 6.71. The van der Waals surface area contributed by atoms with E-state index in [9.17, 15) is 17.6 Å². The van der Waals surface area contributed by atoms with Crippen LogP contribution in [0.25, 0.3) is 5.70 Å². The van der Waals surface area contributed by atoms with Crippen LogP contribution < -0.4 is 4.74 Å². The van der Waals surface area contributed by atoms with E-state index >= 15 is 0 Å². The molecule has 0 saturated heterocycles. The summed E-state index contributed by atoms with van der Waals surface area (Å²) in [5.74, 6) is -1.81. The molecule has 0 bridgehead atoms. The van der Waals surface area contributed by atoms with Crippen LogP contribution in [0, 0.1) is 5.82 Å². The van der Waals surface area contributed by atoms with Gasteiger partial charge in [0, 0.05) is 11.8 Å². The zero-order chi connectivity index (χ0) is 17.8. The van der Waals surface area contributed by atoms with Gasteiger partial charge in [-0.25, -0.2) is 14.4 Å². The Labute approximate surface area is 135 Å². The van der Waals surface area contributed by atoms with Gasteiger partial charge < -0.3 is 4.74 Å². The van der Waals surface area contributed by atoms with Gasteiger partial charge in [-0.2, -0.15) is 13.2 Å². The summed E-state index contributed by atoms with van der Waals surface area (Å²) < 4.78 is 55.7. The fourth-order valence-corrected chi connectivity index (χ4v) is 1.70. The van der Waals surface area contributed by atoms with Crippen LogP contribution in [0.4, 0.5) is 17.6 Å². The lowest BCUT2D eigenvalue weighted by molar-refractivity contribution is -0.190. The van der Waals surface area contributed by atoms with Crippen LogP contribution in [0.15, 0.2) is 27.9 Å². The molecular formula is C14H14ClF4N3O. The second kappa shape index (κ2) is 7.54. The second-order valence-electron chi connectivity index (χ2n) is 4.51. The van der Waals surface area contributed by atoms with Crippen molar-refractivity contribution in [2.24, 2.45) is 9.98 Å². The van der Waals surface area contributed by atoms with Crippen LogP contribution in [-0.4, -0.2) is 29.2 Å². The summed E-state index contributed by atoms with van der Waals surface area (Å²) in [6.07, 6.45) is -5.69. The Hall–Kier alpha value is -1.96. The Bertz CT molecular complexity index is 652. The summed E-state index contributed by atoms with van der Waals surface area (Å²) >= 11 is 5.66. The molecule has 1 heterocycles. The highest BCUT2D eigenvalue weighted by Gasteiger charge is 2.38. The van der Waals surface area contributed by atoms with Gasteiger partial charge in [-0.1, -0.05) is 11.6 Å². The second-order valence-corrected chi connectivity index (χ2v) is 5.06. The summed E-state index contributed by atoms with van der Waals surface area (Å²) in [7, 11) is 0. The monoisotopic (exact) mass is 351 g/mol. The minimum atomic E-state index is -4.62. The minimum absolute atomic E-state index is 0.184. The molecule has 0 aliphatic carbocycles. The van der Waals surface area contributed by atoms with Crippen LogP contribution in [0.5, 0.6) is 5.88 Å². The Morgan fingerprint density at radius 3 is 2.43 bits per heavy atom. The third kappa shape index (κ3) is 5.31. The van der Waals surface area contributed by atoms with Crippen molar-refractivity contribution < 1.29 is 22.3 Å². The maximum atomic E-state index is 13.9. The Balaban J connectivity index is 3.17. The predicted molar refractivity (Wildman–Crippen MR) is 81.4 cm³/mol. The minimum Gasteiger partial charge on any atom is -0.463 e. The lowest BCUT2D eigenvalue weighted by Gasteiger charge is -2.17. The molecule has 0 fully saturated rings. The van der Waals surface area contributed by atoms with E-state index in [0.717, 1.165) is 19.2 Å². The number of nitrogens with zero attached hydrogens (tertiary/aromatic N) is 3. The summed E-state index contributed by atoms with van der Waals surface area (Å²) in [5.41, 5.74) is 0.738. The van der Waals surface area contributed by atoms with E-state index in [4.69, 9.17) is 11.6 Å². The smallest absolute Gasteiger partial charge is 0.425 e. The van der Waals surface area contributed by atoms with Gasteiger partial charge in [0.25, 0.3) is 5.88 Å². The zero-order valence-electron chi connectivity index (χ0n) is 12.6. The van der Waals surface area contributed by atoms with Crippen LogP contribution in [0.3, 0.4) is 0 Å². The van der Waals surface area contributed by atoms with E-state index < -0.39 is 24.0 Å². The van der Waals surface area contributed by atoms with E-state index in [-0.39, 0.29) is 16.4 Å². The van der Waals surface area contributed by atoms with Crippen molar-refractivity contribution in [2.75, 3.05) is 0 Å². The van der Waals surface area contributed by atoms with Crippen molar-refractivity contribution in [3.63, 3.8) is 0 Å². The number of hydrogen-bond acceptors (Lipinski definition) is 4. The third-order valence-corrected chi connectivity index (χ3v) is 2.74. The van der Waals surface area contributed by atoms with Crippen molar-refractivity contribution in [1.82, 2.24) is 4.98 Å². The molecule has 0 aromatic carbocycles. The van der Waals surface area contributed by atoms with Gasteiger partial charge >= 0.3 is 6.18 Å². The highest BCUT2D eigenvalue weighted by atomic mass is 35.5. The number of hydrogen-bond donors (Lipinski definition) is 0. The van der Waals surface area contributed by atoms with Gasteiger partial charge in [0.1, 0.15) is 5.17 Å². The zero-order valence-corrected chi connectivity index (χ0v) is 13.3. The Kier molecular flexibility index (Phi) is 6.26. The van der Waals surface area contributed by atoms with Crippen LogP contribution in [-0.2, 0) is 0 Å². The van der Waals surface area contributed by atoms with Crippen LogP contribution >= 0.6 is 11.6 Å². The van der Waals surface area contributed by atoms with Gasteiger partial charge in [-0.3, -0.25) is 4.99 Å². The summed E-state index contributed by atoms with van der Waals surface area (Å²) in [4.78, 5) is 11.2. The maximum absolute atomic E-state index is 13.9. The number of allylic oxidation sites excluding steroid dienone is 1. The van der Waals surface area contributed by atoms with Gasteiger partial charge in [-0.15, -0.1) is 0 Å². The molecule has 23 heavy (non-hydrogen) atoms. The lowest BCUT2D eigenvalue weighted by Crippen LogP contribution is -2.31. The Morgan fingerprint density at radius 1 is 1.39 bits per heavy atom. The Morgan fingerprint density at radius 2 is 2.00 bits per heavy atom. The molecule has 0 aliphatic rings. The number of aliphatic imine (C=N–C) groups is 2. The molecule has 9 heteroatoms. The van der Waals surface area contributed by atoms with Gasteiger partial charge in [-0.05, 0) is 33.6 Å². The first-order valence-electron chi connectivity index (χ1n) is 6.34. The average Bonchev–Trinajstić information content (AvgIpc) is 2.40. The number of aromatic nitrogens is 1. The molecule has 0 aliphatic heterocycles. The number of rotatable bonds is 5. The van der Waals surface area contributed by atoms with Crippen LogP contribution in [0.2, 0.25) is 0 Å². The maximum Gasteiger partial charge on any atom is 0.425 e. The molecule has 0 N–H and O–H groups in total. The number of halogens is 5. The van der Waals surface area contributed by atoms with Crippen molar-refractivity contribution in [3.8, 4) is 5.88 Å². The van der Waals surface area contributed by atoms with Gasteiger partial charge in [0.15, 0.2) is 11.9 Å². The van der Waals surface area contributed by atoms with E-state index in [1.54, 1.807) is 13.8 Å².